The fourth-order valence-electron chi connectivity index (χ4n) is 2.56. The molecule has 1 aromatic carbocycles. The van der Waals surface area contributed by atoms with Gasteiger partial charge in [-0.15, -0.1) is 0 Å². The molecule has 1 amide bonds. The van der Waals surface area contributed by atoms with Gasteiger partial charge in [0.05, 0.1) is 6.20 Å². The van der Waals surface area contributed by atoms with Crippen LogP contribution in [0.2, 0.25) is 5.02 Å². The lowest BCUT2D eigenvalue weighted by molar-refractivity contribution is -0.133. The van der Waals surface area contributed by atoms with Gasteiger partial charge >= 0.3 is 0 Å². The van der Waals surface area contributed by atoms with E-state index in [-0.39, 0.29) is 12.5 Å². The highest BCUT2D eigenvalue weighted by atomic mass is 35.5. The molecule has 0 radical (unpaired) electrons. The molecular weight excluding hydrogens is 314 g/mol. The molecule has 3 rings (SSSR count). The van der Waals surface area contributed by atoms with Crippen molar-refractivity contribution >= 4 is 23.2 Å². The number of ether oxygens (including phenoxy) is 1. The summed E-state index contributed by atoms with van der Waals surface area (Å²) in [5.74, 6) is 0.609. The van der Waals surface area contributed by atoms with Gasteiger partial charge in [-0.3, -0.25) is 9.78 Å². The lowest BCUT2D eigenvalue weighted by Gasteiger charge is -2.36. The van der Waals surface area contributed by atoms with Gasteiger partial charge in [-0.2, -0.15) is 0 Å². The summed E-state index contributed by atoms with van der Waals surface area (Å²) >= 11 is 6.03. The minimum absolute atomic E-state index is 0.000373. The Labute approximate surface area is 140 Å². The van der Waals surface area contributed by atoms with Crippen molar-refractivity contribution in [2.24, 2.45) is 0 Å². The quantitative estimate of drug-likeness (QED) is 0.863. The zero-order chi connectivity index (χ0) is 16.1. The molecule has 120 valence electrons. The molecule has 1 fully saturated rings. The summed E-state index contributed by atoms with van der Waals surface area (Å²) < 4.78 is 5.46. The molecule has 23 heavy (non-hydrogen) atoms. The Kier molecular flexibility index (Phi) is 4.98. The molecule has 0 N–H and O–H groups in total. The van der Waals surface area contributed by atoms with Crippen molar-refractivity contribution in [3.05, 3.63) is 53.8 Å². The van der Waals surface area contributed by atoms with Crippen molar-refractivity contribution in [3.8, 4) is 5.75 Å². The van der Waals surface area contributed by atoms with Gasteiger partial charge in [0, 0.05) is 43.1 Å². The van der Waals surface area contributed by atoms with Gasteiger partial charge in [0.15, 0.2) is 6.61 Å². The Hall–Kier alpha value is -2.27. The number of amides is 1. The Morgan fingerprint density at radius 3 is 2.70 bits per heavy atom. The minimum Gasteiger partial charge on any atom is -0.482 e. The van der Waals surface area contributed by atoms with E-state index in [2.05, 4.69) is 9.88 Å². The van der Waals surface area contributed by atoms with Crippen molar-refractivity contribution in [3.63, 3.8) is 0 Å². The van der Waals surface area contributed by atoms with Crippen LogP contribution < -0.4 is 9.64 Å². The first kappa shape index (κ1) is 15.6. The van der Waals surface area contributed by atoms with Crippen molar-refractivity contribution in [2.75, 3.05) is 37.7 Å². The van der Waals surface area contributed by atoms with Gasteiger partial charge in [0.1, 0.15) is 5.75 Å². The van der Waals surface area contributed by atoms with Gasteiger partial charge < -0.3 is 14.5 Å². The number of aromatic nitrogens is 1. The van der Waals surface area contributed by atoms with Gasteiger partial charge in [-0.1, -0.05) is 17.7 Å². The Bertz CT molecular complexity index is 658. The number of carbonyl (C=O) groups excluding carboxylic acids is 1. The van der Waals surface area contributed by atoms with Crippen LogP contribution >= 0.6 is 11.6 Å². The molecule has 5 nitrogen and oxygen atoms in total. The monoisotopic (exact) mass is 331 g/mol. The van der Waals surface area contributed by atoms with Crippen LogP contribution in [-0.4, -0.2) is 48.6 Å². The maximum atomic E-state index is 12.2. The van der Waals surface area contributed by atoms with E-state index in [1.807, 2.05) is 29.2 Å². The number of pyridine rings is 1. The first-order valence-corrected chi connectivity index (χ1v) is 7.91. The molecule has 0 saturated carbocycles. The van der Waals surface area contributed by atoms with Crippen LogP contribution in [0.4, 0.5) is 5.69 Å². The average Bonchev–Trinajstić information content (AvgIpc) is 2.61. The van der Waals surface area contributed by atoms with Crippen molar-refractivity contribution in [1.82, 2.24) is 9.88 Å². The maximum absolute atomic E-state index is 12.2. The lowest BCUT2D eigenvalue weighted by Crippen LogP contribution is -2.50. The SMILES string of the molecule is O=C(COc1cccnc1)N1CCN(c2cccc(Cl)c2)CC1. The van der Waals surface area contributed by atoms with Crippen molar-refractivity contribution in [2.45, 2.75) is 0 Å². The van der Waals surface area contributed by atoms with E-state index in [4.69, 9.17) is 16.3 Å². The van der Waals surface area contributed by atoms with Crippen molar-refractivity contribution in [1.29, 1.82) is 0 Å². The maximum Gasteiger partial charge on any atom is 0.260 e. The van der Waals surface area contributed by atoms with Gasteiger partial charge in [-0.05, 0) is 30.3 Å². The first-order chi connectivity index (χ1) is 11.2. The molecule has 1 aromatic heterocycles. The number of carbonyl (C=O) groups is 1. The molecule has 0 unspecified atom stereocenters. The highest BCUT2D eigenvalue weighted by molar-refractivity contribution is 6.30. The number of anilines is 1. The van der Waals surface area contributed by atoms with Crippen LogP contribution in [0.3, 0.4) is 0 Å². The number of halogens is 1. The summed E-state index contributed by atoms with van der Waals surface area (Å²) in [7, 11) is 0. The second-order valence-electron chi connectivity index (χ2n) is 5.33. The molecule has 2 heterocycles. The van der Waals surface area contributed by atoms with Gasteiger partial charge in [0.25, 0.3) is 5.91 Å². The van der Waals surface area contributed by atoms with E-state index in [1.165, 1.54) is 0 Å². The number of hydrogen-bond donors (Lipinski definition) is 0. The summed E-state index contributed by atoms with van der Waals surface area (Å²) in [4.78, 5) is 20.2. The average molecular weight is 332 g/mol. The van der Waals surface area contributed by atoms with Crippen LogP contribution in [0, 0.1) is 0 Å². The molecule has 2 aromatic rings. The Balaban J connectivity index is 1.49. The summed E-state index contributed by atoms with van der Waals surface area (Å²) in [5, 5.41) is 0.728. The van der Waals surface area contributed by atoms with Gasteiger partial charge in [0.2, 0.25) is 0 Å². The molecule has 1 saturated heterocycles. The highest BCUT2D eigenvalue weighted by Gasteiger charge is 2.21. The predicted molar refractivity (Wildman–Crippen MR) is 90.0 cm³/mol. The molecular formula is C17H18ClN3O2. The third-order valence-corrected chi connectivity index (χ3v) is 4.04. The number of hydrogen-bond acceptors (Lipinski definition) is 4. The van der Waals surface area contributed by atoms with E-state index in [0.29, 0.717) is 18.8 Å². The number of piperazine rings is 1. The third-order valence-electron chi connectivity index (χ3n) is 3.80. The molecule has 1 aliphatic rings. The summed E-state index contributed by atoms with van der Waals surface area (Å²) in [6.07, 6.45) is 3.27. The van der Waals surface area contributed by atoms with E-state index >= 15 is 0 Å². The second-order valence-corrected chi connectivity index (χ2v) is 5.76. The Morgan fingerprint density at radius 1 is 1.17 bits per heavy atom. The summed E-state index contributed by atoms with van der Waals surface area (Å²) in [6.45, 7) is 2.99. The molecule has 0 aliphatic carbocycles. The van der Waals surface area contributed by atoms with Crippen LogP contribution in [0.15, 0.2) is 48.8 Å². The summed E-state index contributed by atoms with van der Waals surface area (Å²) in [6, 6.07) is 11.4. The molecule has 6 heteroatoms. The predicted octanol–water partition coefficient (Wildman–Crippen LogP) is 2.46. The van der Waals surface area contributed by atoms with E-state index in [1.54, 1.807) is 24.5 Å². The van der Waals surface area contributed by atoms with Crippen LogP contribution in [0.1, 0.15) is 0 Å². The van der Waals surface area contributed by atoms with Crippen molar-refractivity contribution < 1.29 is 9.53 Å². The minimum atomic E-state index is -0.000373. The normalized spacial score (nSPS) is 14.7. The number of rotatable bonds is 4. The molecule has 0 atom stereocenters. The van der Waals surface area contributed by atoms with Crippen LogP contribution in [0.25, 0.3) is 0 Å². The molecule has 0 spiro atoms. The van der Waals surface area contributed by atoms with E-state index in [9.17, 15) is 4.79 Å². The standard InChI is InChI=1S/C17H18ClN3O2/c18-14-3-1-4-15(11-14)20-7-9-21(10-8-20)17(22)13-23-16-5-2-6-19-12-16/h1-6,11-12H,7-10,13H2. The zero-order valence-electron chi connectivity index (χ0n) is 12.7. The largest absolute Gasteiger partial charge is 0.482 e. The number of nitrogens with zero attached hydrogens (tertiary/aromatic N) is 3. The highest BCUT2D eigenvalue weighted by Crippen LogP contribution is 2.20. The first-order valence-electron chi connectivity index (χ1n) is 7.53. The number of benzene rings is 1. The van der Waals surface area contributed by atoms with E-state index in [0.717, 1.165) is 23.8 Å². The molecule has 1 aliphatic heterocycles. The second kappa shape index (κ2) is 7.33. The van der Waals surface area contributed by atoms with Crippen LogP contribution in [0.5, 0.6) is 5.75 Å². The fraction of sp³-hybridized carbons (Fsp3) is 0.294. The zero-order valence-corrected chi connectivity index (χ0v) is 13.4. The van der Waals surface area contributed by atoms with Gasteiger partial charge in [-0.25, -0.2) is 0 Å². The fourth-order valence-corrected chi connectivity index (χ4v) is 2.74. The third kappa shape index (κ3) is 4.13. The lowest BCUT2D eigenvalue weighted by atomic mass is 10.2. The summed E-state index contributed by atoms with van der Waals surface area (Å²) in [5.41, 5.74) is 1.09. The topological polar surface area (TPSA) is 45.7 Å². The molecule has 0 bridgehead atoms. The van der Waals surface area contributed by atoms with Crippen LogP contribution in [-0.2, 0) is 4.79 Å². The smallest absolute Gasteiger partial charge is 0.260 e. The van der Waals surface area contributed by atoms with E-state index < -0.39 is 0 Å². The Morgan fingerprint density at radius 2 is 2.00 bits per heavy atom.